The maximum Gasteiger partial charge on any atom is 0.271 e. The number of hydrazone groups is 1. The number of amides is 1. The molecule has 0 heterocycles. The third-order valence-electron chi connectivity index (χ3n) is 5.18. The summed E-state index contributed by atoms with van der Waals surface area (Å²) in [4.78, 5) is 25.2. The molecule has 1 N–H and O–H groups in total. The van der Waals surface area contributed by atoms with Crippen molar-refractivity contribution in [3.05, 3.63) is 68.2 Å². The van der Waals surface area contributed by atoms with Crippen LogP contribution < -0.4 is 10.3 Å². The zero-order valence-corrected chi connectivity index (χ0v) is 17.8. The quantitative estimate of drug-likeness (QED) is 0.379. The summed E-state index contributed by atoms with van der Waals surface area (Å²) in [6.07, 6.45) is 7.30. The lowest BCUT2D eigenvalue weighted by Gasteiger charge is -2.33. The SMILES string of the molecule is CN(c1ccc([N+](=O)[O-])cc1/C=N\NC(=O)c1cccc(Br)c1)C1CCCCC1. The van der Waals surface area contributed by atoms with Crippen molar-refractivity contribution < 1.29 is 9.72 Å². The molecule has 1 amide bonds. The van der Waals surface area contributed by atoms with Gasteiger partial charge in [0, 0.05) is 46.5 Å². The van der Waals surface area contributed by atoms with Gasteiger partial charge in [0.15, 0.2) is 0 Å². The Kier molecular flexibility index (Phi) is 6.98. The average Bonchev–Trinajstić information content (AvgIpc) is 2.73. The molecule has 0 atom stereocenters. The lowest BCUT2D eigenvalue weighted by Crippen LogP contribution is -2.34. The number of nitro groups is 1. The Morgan fingerprint density at radius 3 is 2.69 bits per heavy atom. The molecule has 1 aliphatic carbocycles. The summed E-state index contributed by atoms with van der Waals surface area (Å²) in [6.45, 7) is 0. The standard InChI is InChI=1S/C21H23BrN4O3/c1-25(18-8-3-2-4-9-18)20-11-10-19(26(28)29)13-16(20)14-23-24-21(27)15-6-5-7-17(22)12-15/h5-7,10-14,18H,2-4,8-9H2,1H3,(H,24,27)/b23-14-. The van der Waals surface area contributed by atoms with Gasteiger partial charge >= 0.3 is 0 Å². The fraction of sp³-hybridized carbons (Fsp3) is 0.333. The number of anilines is 1. The van der Waals surface area contributed by atoms with E-state index in [4.69, 9.17) is 0 Å². The molecule has 2 aromatic carbocycles. The van der Waals surface area contributed by atoms with Crippen molar-refractivity contribution >= 4 is 39.4 Å². The highest BCUT2D eigenvalue weighted by Gasteiger charge is 2.21. The van der Waals surface area contributed by atoms with E-state index in [2.05, 4.69) is 31.4 Å². The number of non-ortho nitro benzene ring substituents is 1. The van der Waals surface area contributed by atoms with E-state index in [9.17, 15) is 14.9 Å². The van der Waals surface area contributed by atoms with Crippen LogP contribution in [0.25, 0.3) is 0 Å². The Balaban J connectivity index is 1.81. The van der Waals surface area contributed by atoms with Crippen LogP contribution in [0.5, 0.6) is 0 Å². The Morgan fingerprint density at radius 2 is 2.00 bits per heavy atom. The van der Waals surface area contributed by atoms with Crippen LogP contribution in [0.3, 0.4) is 0 Å². The van der Waals surface area contributed by atoms with Crippen LogP contribution in [-0.4, -0.2) is 30.1 Å². The van der Waals surface area contributed by atoms with Crippen LogP contribution >= 0.6 is 15.9 Å². The van der Waals surface area contributed by atoms with Crippen LogP contribution in [0.2, 0.25) is 0 Å². The molecule has 0 bridgehead atoms. The number of carbonyl (C=O) groups is 1. The van der Waals surface area contributed by atoms with E-state index in [0.29, 0.717) is 17.2 Å². The van der Waals surface area contributed by atoms with E-state index in [1.165, 1.54) is 37.6 Å². The number of rotatable bonds is 6. The predicted octanol–water partition coefficient (Wildman–Crippen LogP) is 4.89. The second-order valence-electron chi connectivity index (χ2n) is 7.11. The predicted molar refractivity (Wildman–Crippen MR) is 118 cm³/mol. The first kappa shape index (κ1) is 21.0. The summed E-state index contributed by atoms with van der Waals surface area (Å²) in [5.41, 5.74) is 4.41. The van der Waals surface area contributed by atoms with Crippen molar-refractivity contribution in [3.8, 4) is 0 Å². The van der Waals surface area contributed by atoms with Crippen molar-refractivity contribution in [2.45, 2.75) is 38.1 Å². The van der Waals surface area contributed by atoms with Crippen molar-refractivity contribution in [2.24, 2.45) is 5.10 Å². The van der Waals surface area contributed by atoms with Crippen molar-refractivity contribution in [1.82, 2.24) is 5.43 Å². The maximum atomic E-state index is 12.3. The molecule has 2 aromatic rings. The number of hydrogen-bond acceptors (Lipinski definition) is 5. The van der Waals surface area contributed by atoms with Gasteiger partial charge in [-0.25, -0.2) is 5.43 Å². The molecule has 1 aliphatic rings. The molecule has 152 valence electrons. The number of nitrogens with one attached hydrogen (secondary N) is 1. The molecule has 0 unspecified atom stereocenters. The molecule has 8 heteroatoms. The summed E-state index contributed by atoms with van der Waals surface area (Å²) >= 11 is 3.33. The van der Waals surface area contributed by atoms with Gasteiger partial charge in [-0.2, -0.15) is 5.10 Å². The second-order valence-corrected chi connectivity index (χ2v) is 8.03. The molecular weight excluding hydrogens is 436 g/mol. The molecule has 0 saturated heterocycles. The monoisotopic (exact) mass is 458 g/mol. The van der Waals surface area contributed by atoms with E-state index in [1.807, 2.05) is 13.1 Å². The molecule has 0 radical (unpaired) electrons. The number of halogens is 1. The first-order valence-corrected chi connectivity index (χ1v) is 10.4. The van der Waals surface area contributed by atoms with E-state index in [0.717, 1.165) is 23.0 Å². The third-order valence-corrected chi connectivity index (χ3v) is 5.67. The fourth-order valence-corrected chi connectivity index (χ4v) is 4.00. The van der Waals surface area contributed by atoms with Gasteiger partial charge in [0.25, 0.3) is 11.6 Å². The van der Waals surface area contributed by atoms with Crippen molar-refractivity contribution in [1.29, 1.82) is 0 Å². The Bertz CT molecular complexity index is 926. The van der Waals surface area contributed by atoms with E-state index >= 15 is 0 Å². The normalized spacial score (nSPS) is 14.7. The van der Waals surface area contributed by atoms with Gasteiger partial charge in [0.05, 0.1) is 11.1 Å². The summed E-state index contributed by atoms with van der Waals surface area (Å²) in [5, 5.41) is 15.3. The van der Waals surface area contributed by atoms with Gasteiger partial charge in [0.1, 0.15) is 0 Å². The molecule has 0 aliphatic heterocycles. The molecule has 0 spiro atoms. The molecule has 1 saturated carbocycles. The van der Waals surface area contributed by atoms with E-state index in [-0.39, 0.29) is 11.6 Å². The smallest absolute Gasteiger partial charge is 0.271 e. The van der Waals surface area contributed by atoms with Crippen LogP contribution in [-0.2, 0) is 0 Å². The molecular formula is C21H23BrN4O3. The number of carbonyl (C=O) groups excluding carboxylic acids is 1. The summed E-state index contributed by atoms with van der Waals surface area (Å²) in [7, 11) is 2.01. The lowest BCUT2D eigenvalue weighted by molar-refractivity contribution is -0.384. The van der Waals surface area contributed by atoms with Gasteiger partial charge in [-0.15, -0.1) is 0 Å². The van der Waals surface area contributed by atoms with Gasteiger partial charge in [-0.1, -0.05) is 41.3 Å². The number of nitrogens with zero attached hydrogens (tertiary/aromatic N) is 3. The van der Waals surface area contributed by atoms with Gasteiger partial charge in [0.2, 0.25) is 0 Å². The first-order valence-electron chi connectivity index (χ1n) is 9.56. The third kappa shape index (κ3) is 5.41. The maximum absolute atomic E-state index is 12.3. The number of benzene rings is 2. The average molecular weight is 459 g/mol. The first-order chi connectivity index (χ1) is 14.0. The zero-order chi connectivity index (χ0) is 20.8. The molecule has 7 nitrogen and oxygen atoms in total. The largest absolute Gasteiger partial charge is 0.371 e. The Morgan fingerprint density at radius 1 is 1.24 bits per heavy atom. The summed E-state index contributed by atoms with van der Waals surface area (Å²) < 4.78 is 0.796. The fourth-order valence-electron chi connectivity index (χ4n) is 3.60. The number of nitro benzene ring substituents is 1. The summed E-state index contributed by atoms with van der Waals surface area (Å²) in [6, 6.07) is 12.1. The highest BCUT2D eigenvalue weighted by Crippen LogP contribution is 2.30. The zero-order valence-electron chi connectivity index (χ0n) is 16.2. The molecule has 29 heavy (non-hydrogen) atoms. The minimum absolute atomic E-state index is 0.00874. The highest BCUT2D eigenvalue weighted by atomic mass is 79.9. The van der Waals surface area contributed by atoms with Gasteiger partial charge < -0.3 is 4.90 Å². The van der Waals surface area contributed by atoms with Crippen LogP contribution in [0.15, 0.2) is 52.0 Å². The van der Waals surface area contributed by atoms with Crippen molar-refractivity contribution in [2.75, 3.05) is 11.9 Å². The topological polar surface area (TPSA) is 87.8 Å². The van der Waals surface area contributed by atoms with Crippen LogP contribution in [0.4, 0.5) is 11.4 Å². The summed E-state index contributed by atoms with van der Waals surface area (Å²) in [5.74, 6) is -0.352. The van der Waals surface area contributed by atoms with Gasteiger partial charge in [-0.3, -0.25) is 14.9 Å². The second kappa shape index (κ2) is 9.65. The Labute approximate surface area is 178 Å². The minimum Gasteiger partial charge on any atom is -0.371 e. The molecule has 3 rings (SSSR count). The minimum atomic E-state index is -0.429. The van der Waals surface area contributed by atoms with Crippen molar-refractivity contribution in [3.63, 3.8) is 0 Å². The molecule has 0 aromatic heterocycles. The van der Waals surface area contributed by atoms with E-state index < -0.39 is 4.92 Å². The Hall–Kier alpha value is -2.74. The molecule has 1 fully saturated rings. The number of hydrogen-bond donors (Lipinski definition) is 1. The lowest BCUT2D eigenvalue weighted by atomic mass is 9.94. The van der Waals surface area contributed by atoms with Gasteiger partial charge in [-0.05, 0) is 37.1 Å². The van der Waals surface area contributed by atoms with Crippen LogP contribution in [0.1, 0.15) is 48.0 Å². The highest BCUT2D eigenvalue weighted by molar-refractivity contribution is 9.10. The van der Waals surface area contributed by atoms with E-state index in [1.54, 1.807) is 24.3 Å². The van der Waals surface area contributed by atoms with Crippen LogP contribution in [0, 0.1) is 10.1 Å².